The van der Waals surface area contributed by atoms with Crippen molar-refractivity contribution in [3.63, 3.8) is 0 Å². The number of aryl methyl sites for hydroxylation is 1. The first-order valence-corrected chi connectivity index (χ1v) is 5.92. The third-order valence-electron chi connectivity index (χ3n) is 2.86. The van der Waals surface area contributed by atoms with E-state index in [4.69, 9.17) is 9.84 Å². The van der Waals surface area contributed by atoms with E-state index in [1.54, 1.807) is 4.90 Å². The molecule has 0 aliphatic carbocycles. The Labute approximate surface area is 101 Å². The van der Waals surface area contributed by atoms with E-state index in [-0.39, 0.29) is 12.7 Å². The van der Waals surface area contributed by atoms with Gasteiger partial charge >= 0.3 is 6.09 Å². The van der Waals surface area contributed by atoms with Crippen molar-refractivity contribution in [2.24, 2.45) is 0 Å². The monoisotopic (exact) mass is 235 g/mol. The number of rotatable bonds is 4. The molecule has 0 unspecified atom stereocenters. The average molecular weight is 235 g/mol. The van der Waals surface area contributed by atoms with Gasteiger partial charge in [-0.2, -0.15) is 0 Å². The molecule has 1 amide bonds. The molecular formula is C13H17NO3. The van der Waals surface area contributed by atoms with Crippen LogP contribution in [0.3, 0.4) is 0 Å². The third kappa shape index (κ3) is 2.58. The molecule has 1 atom stereocenters. The molecule has 1 N–H and O–H groups in total. The Kier molecular flexibility index (Phi) is 3.64. The molecule has 0 bridgehead atoms. The third-order valence-corrected chi connectivity index (χ3v) is 2.86. The SMILES string of the molecule is CCCc1ccc(N2C[C@H](CO)OC2=O)cc1. The molecule has 0 radical (unpaired) electrons. The number of carbonyl (C=O) groups excluding carboxylic acids is 1. The molecule has 1 aliphatic heterocycles. The number of carbonyl (C=O) groups is 1. The maximum absolute atomic E-state index is 11.5. The van der Waals surface area contributed by atoms with Crippen molar-refractivity contribution in [2.75, 3.05) is 18.1 Å². The molecule has 1 aromatic carbocycles. The first kappa shape index (κ1) is 11.9. The van der Waals surface area contributed by atoms with Crippen molar-refractivity contribution in [2.45, 2.75) is 25.9 Å². The van der Waals surface area contributed by atoms with E-state index in [1.807, 2.05) is 24.3 Å². The quantitative estimate of drug-likeness (QED) is 0.867. The van der Waals surface area contributed by atoms with E-state index in [9.17, 15) is 4.79 Å². The summed E-state index contributed by atoms with van der Waals surface area (Å²) in [5.74, 6) is 0. The molecule has 1 saturated heterocycles. The number of hydrogen-bond acceptors (Lipinski definition) is 3. The normalized spacial score (nSPS) is 19.5. The van der Waals surface area contributed by atoms with E-state index in [0.29, 0.717) is 6.54 Å². The second-order valence-electron chi connectivity index (χ2n) is 4.22. The summed E-state index contributed by atoms with van der Waals surface area (Å²) in [6, 6.07) is 7.90. The van der Waals surface area contributed by atoms with Gasteiger partial charge in [0.15, 0.2) is 0 Å². The molecular weight excluding hydrogens is 218 g/mol. The molecule has 1 aromatic rings. The maximum Gasteiger partial charge on any atom is 0.414 e. The summed E-state index contributed by atoms with van der Waals surface area (Å²) in [5.41, 5.74) is 2.09. The van der Waals surface area contributed by atoms with E-state index >= 15 is 0 Å². The lowest BCUT2D eigenvalue weighted by molar-refractivity contribution is 0.0963. The standard InChI is InChI=1S/C13H17NO3/c1-2-3-10-4-6-11(7-5-10)14-8-12(9-15)17-13(14)16/h4-7,12,15H,2-3,8-9H2,1H3/t12-/m1/s1. The van der Waals surface area contributed by atoms with Crippen LogP contribution in [-0.2, 0) is 11.2 Å². The Morgan fingerprint density at radius 3 is 2.65 bits per heavy atom. The summed E-state index contributed by atoms with van der Waals surface area (Å²) in [6.45, 7) is 2.43. The molecule has 92 valence electrons. The predicted molar refractivity (Wildman–Crippen MR) is 65.1 cm³/mol. The largest absolute Gasteiger partial charge is 0.441 e. The van der Waals surface area contributed by atoms with Crippen molar-refractivity contribution in [1.82, 2.24) is 0 Å². The summed E-state index contributed by atoms with van der Waals surface area (Å²) in [5, 5.41) is 8.96. The number of benzene rings is 1. The van der Waals surface area contributed by atoms with Crippen LogP contribution < -0.4 is 4.90 Å². The Morgan fingerprint density at radius 2 is 2.12 bits per heavy atom. The van der Waals surface area contributed by atoms with Gasteiger partial charge in [0.25, 0.3) is 0 Å². The Balaban J connectivity index is 2.09. The highest BCUT2D eigenvalue weighted by Gasteiger charge is 2.31. The van der Waals surface area contributed by atoms with E-state index in [2.05, 4.69) is 6.92 Å². The Hall–Kier alpha value is -1.55. The predicted octanol–water partition coefficient (Wildman–Crippen LogP) is 1.96. The zero-order valence-electron chi connectivity index (χ0n) is 9.93. The van der Waals surface area contributed by atoms with Gasteiger partial charge in [0.05, 0.1) is 13.2 Å². The molecule has 0 aromatic heterocycles. The van der Waals surface area contributed by atoms with Crippen LogP contribution in [0.15, 0.2) is 24.3 Å². The van der Waals surface area contributed by atoms with E-state index < -0.39 is 6.10 Å². The van der Waals surface area contributed by atoms with E-state index in [1.165, 1.54) is 5.56 Å². The first-order chi connectivity index (χ1) is 8.24. The van der Waals surface area contributed by atoms with Gasteiger partial charge in [-0.3, -0.25) is 4.90 Å². The van der Waals surface area contributed by atoms with Crippen LogP contribution in [0.2, 0.25) is 0 Å². The molecule has 0 spiro atoms. The van der Waals surface area contributed by atoms with Gasteiger partial charge in [-0.15, -0.1) is 0 Å². The average Bonchev–Trinajstić information content (AvgIpc) is 2.72. The number of aliphatic hydroxyl groups is 1. The highest BCUT2D eigenvalue weighted by Crippen LogP contribution is 2.22. The fourth-order valence-electron chi connectivity index (χ4n) is 1.96. The minimum atomic E-state index is -0.405. The lowest BCUT2D eigenvalue weighted by Gasteiger charge is -2.13. The summed E-state index contributed by atoms with van der Waals surface area (Å²) < 4.78 is 4.99. The molecule has 1 heterocycles. The second-order valence-corrected chi connectivity index (χ2v) is 4.22. The fraction of sp³-hybridized carbons (Fsp3) is 0.462. The van der Waals surface area contributed by atoms with Gasteiger partial charge in [-0.05, 0) is 24.1 Å². The highest BCUT2D eigenvalue weighted by molar-refractivity contribution is 5.89. The maximum atomic E-state index is 11.5. The topological polar surface area (TPSA) is 49.8 Å². The van der Waals surface area contributed by atoms with Crippen LogP contribution in [0, 0.1) is 0 Å². The van der Waals surface area contributed by atoms with Crippen molar-refractivity contribution >= 4 is 11.8 Å². The minimum Gasteiger partial charge on any atom is -0.441 e. The number of aliphatic hydroxyl groups excluding tert-OH is 1. The minimum absolute atomic E-state index is 0.129. The van der Waals surface area contributed by atoms with Crippen LogP contribution in [-0.4, -0.2) is 30.5 Å². The van der Waals surface area contributed by atoms with Gasteiger partial charge in [-0.25, -0.2) is 4.79 Å². The lowest BCUT2D eigenvalue weighted by atomic mass is 10.1. The van der Waals surface area contributed by atoms with Gasteiger partial charge in [0.1, 0.15) is 6.10 Å². The molecule has 1 aliphatic rings. The molecule has 17 heavy (non-hydrogen) atoms. The number of ether oxygens (including phenoxy) is 1. The fourth-order valence-corrected chi connectivity index (χ4v) is 1.96. The highest BCUT2D eigenvalue weighted by atomic mass is 16.6. The number of hydrogen-bond donors (Lipinski definition) is 1. The summed E-state index contributed by atoms with van der Waals surface area (Å²) in [7, 11) is 0. The Morgan fingerprint density at radius 1 is 1.41 bits per heavy atom. The number of anilines is 1. The number of nitrogens with zero attached hydrogens (tertiary/aromatic N) is 1. The van der Waals surface area contributed by atoms with Crippen LogP contribution in [0.25, 0.3) is 0 Å². The molecule has 4 heteroatoms. The molecule has 0 saturated carbocycles. The van der Waals surface area contributed by atoms with Gasteiger partial charge in [0, 0.05) is 5.69 Å². The smallest absolute Gasteiger partial charge is 0.414 e. The van der Waals surface area contributed by atoms with Gasteiger partial charge in [-0.1, -0.05) is 25.5 Å². The van der Waals surface area contributed by atoms with Crippen LogP contribution in [0.5, 0.6) is 0 Å². The summed E-state index contributed by atoms with van der Waals surface area (Å²) >= 11 is 0. The molecule has 4 nitrogen and oxygen atoms in total. The van der Waals surface area contributed by atoms with E-state index in [0.717, 1.165) is 18.5 Å². The van der Waals surface area contributed by atoms with Crippen molar-refractivity contribution in [1.29, 1.82) is 0 Å². The van der Waals surface area contributed by atoms with Gasteiger partial charge in [0.2, 0.25) is 0 Å². The second kappa shape index (κ2) is 5.19. The lowest BCUT2D eigenvalue weighted by Crippen LogP contribution is -2.25. The van der Waals surface area contributed by atoms with Crippen molar-refractivity contribution < 1.29 is 14.6 Å². The van der Waals surface area contributed by atoms with Crippen LogP contribution >= 0.6 is 0 Å². The van der Waals surface area contributed by atoms with Gasteiger partial charge < -0.3 is 9.84 Å². The summed E-state index contributed by atoms with van der Waals surface area (Å²) in [4.78, 5) is 13.1. The first-order valence-electron chi connectivity index (χ1n) is 5.92. The van der Waals surface area contributed by atoms with Crippen LogP contribution in [0.1, 0.15) is 18.9 Å². The molecule has 2 rings (SSSR count). The zero-order chi connectivity index (χ0) is 12.3. The zero-order valence-corrected chi connectivity index (χ0v) is 9.93. The van der Waals surface area contributed by atoms with Crippen molar-refractivity contribution in [3.8, 4) is 0 Å². The van der Waals surface area contributed by atoms with Crippen molar-refractivity contribution in [3.05, 3.63) is 29.8 Å². The summed E-state index contributed by atoms with van der Waals surface area (Å²) in [6.07, 6.45) is 1.37. The number of amides is 1. The number of cyclic esters (lactones) is 1. The Bertz CT molecular complexity index is 388. The van der Waals surface area contributed by atoms with Crippen LogP contribution in [0.4, 0.5) is 10.5 Å². The molecule has 1 fully saturated rings.